The van der Waals surface area contributed by atoms with Crippen molar-refractivity contribution in [2.24, 2.45) is 5.92 Å². The third-order valence-electron chi connectivity index (χ3n) is 7.63. The standard InChI is InChI=1S/C31H29F3N6/c1-19(2)30(5,25-11-8-22(9-12-25)26-13-15-28(39-38-26)31(32,33)34)27-14-10-23(16-35-27)24-17-36-29(37-18-24)40-20(3)6-7-21(40)4/h6-19H,1-5H3. The molecular formula is C31H29F3N6. The van der Waals surface area contributed by atoms with Gasteiger partial charge in [0.15, 0.2) is 5.69 Å². The molecule has 1 atom stereocenters. The number of pyridine rings is 1. The van der Waals surface area contributed by atoms with Crippen molar-refractivity contribution in [3.63, 3.8) is 0 Å². The van der Waals surface area contributed by atoms with Crippen LogP contribution in [0.2, 0.25) is 0 Å². The van der Waals surface area contributed by atoms with Crippen molar-refractivity contribution in [3.8, 4) is 28.3 Å². The Kier molecular flexibility index (Phi) is 6.99. The fraction of sp³-hybridized carbons (Fsp3) is 0.258. The Hall–Kier alpha value is -4.40. The smallest absolute Gasteiger partial charge is 0.287 e. The topological polar surface area (TPSA) is 69.4 Å². The zero-order valence-corrected chi connectivity index (χ0v) is 22.9. The van der Waals surface area contributed by atoms with Gasteiger partial charge < -0.3 is 0 Å². The Morgan fingerprint density at radius 2 is 1.23 bits per heavy atom. The molecule has 0 spiro atoms. The monoisotopic (exact) mass is 542 g/mol. The highest BCUT2D eigenvalue weighted by atomic mass is 19.4. The Bertz CT molecular complexity index is 1590. The van der Waals surface area contributed by atoms with E-state index >= 15 is 0 Å². The molecule has 40 heavy (non-hydrogen) atoms. The Labute approximate surface area is 231 Å². The first-order chi connectivity index (χ1) is 19.0. The molecule has 6 nitrogen and oxygen atoms in total. The van der Waals surface area contributed by atoms with Crippen molar-refractivity contribution in [2.75, 3.05) is 0 Å². The minimum absolute atomic E-state index is 0.207. The summed E-state index contributed by atoms with van der Waals surface area (Å²) in [5.74, 6) is 0.838. The van der Waals surface area contributed by atoms with Gasteiger partial charge in [0, 0.05) is 52.1 Å². The molecule has 5 aromatic rings. The van der Waals surface area contributed by atoms with E-state index in [1.165, 1.54) is 6.07 Å². The minimum Gasteiger partial charge on any atom is -0.287 e. The molecule has 0 radical (unpaired) electrons. The van der Waals surface area contributed by atoms with Gasteiger partial charge in [-0.15, -0.1) is 10.2 Å². The third kappa shape index (κ3) is 4.99. The molecular weight excluding hydrogens is 513 g/mol. The first kappa shape index (κ1) is 27.2. The Morgan fingerprint density at radius 3 is 1.73 bits per heavy atom. The molecule has 0 aliphatic carbocycles. The van der Waals surface area contributed by atoms with Gasteiger partial charge in [-0.05, 0) is 62.6 Å². The van der Waals surface area contributed by atoms with Crippen LogP contribution in [0.1, 0.15) is 49.1 Å². The van der Waals surface area contributed by atoms with E-state index in [0.717, 1.165) is 39.8 Å². The number of aryl methyl sites for hydroxylation is 2. The fourth-order valence-corrected chi connectivity index (χ4v) is 4.84. The fourth-order valence-electron chi connectivity index (χ4n) is 4.84. The molecule has 0 aliphatic heterocycles. The summed E-state index contributed by atoms with van der Waals surface area (Å²) in [6.07, 6.45) is 0.937. The van der Waals surface area contributed by atoms with E-state index in [1.54, 1.807) is 0 Å². The van der Waals surface area contributed by atoms with Crippen molar-refractivity contribution in [1.29, 1.82) is 0 Å². The maximum absolute atomic E-state index is 12.8. The molecule has 0 bridgehead atoms. The third-order valence-corrected chi connectivity index (χ3v) is 7.63. The summed E-state index contributed by atoms with van der Waals surface area (Å²) in [6, 6.07) is 18.1. The number of nitrogens with zero attached hydrogens (tertiary/aromatic N) is 6. The van der Waals surface area contributed by atoms with E-state index in [1.807, 2.05) is 85.5 Å². The van der Waals surface area contributed by atoms with Crippen molar-refractivity contribution in [3.05, 3.63) is 108 Å². The molecule has 5 rings (SSSR count). The second kappa shape index (κ2) is 10.3. The number of hydrogen-bond donors (Lipinski definition) is 0. The molecule has 0 aliphatic rings. The van der Waals surface area contributed by atoms with Crippen molar-refractivity contribution in [1.82, 2.24) is 29.7 Å². The van der Waals surface area contributed by atoms with E-state index in [2.05, 4.69) is 40.9 Å². The average Bonchev–Trinajstić information content (AvgIpc) is 3.29. The minimum atomic E-state index is -4.52. The van der Waals surface area contributed by atoms with Crippen LogP contribution in [0.4, 0.5) is 13.2 Å². The molecule has 0 N–H and O–H groups in total. The van der Waals surface area contributed by atoms with Crippen molar-refractivity contribution in [2.45, 2.75) is 46.2 Å². The molecule has 1 unspecified atom stereocenters. The van der Waals surface area contributed by atoms with Crippen LogP contribution in [0.3, 0.4) is 0 Å². The maximum Gasteiger partial charge on any atom is 0.435 e. The number of rotatable bonds is 6. The van der Waals surface area contributed by atoms with Crippen LogP contribution < -0.4 is 0 Å². The maximum atomic E-state index is 12.8. The van der Waals surface area contributed by atoms with Gasteiger partial charge in [-0.2, -0.15) is 13.2 Å². The lowest BCUT2D eigenvalue weighted by Gasteiger charge is -2.34. The van der Waals surface area contributed by atoms with Crippen LogP contribution in [-0.2, 0) is 11.6 Å². The molecule has 9 heteroatoms. The first-order valence-corrected chi connectivity index (χ1v) is 12.9. The summed E-state index contributed by atoms with van der Waals surface area (Å²) in [5, 5.41) is 7.11. The molecule has 0 saturated carbocycles. The van der Waals surface area contributed by atoms with E-state index in [9.17, 15) is 13.2 Å². The van der Waals surface area contributed by atoms with Crippen molar-refractivity contribution >= 4 is 0 Å². The quantitative estimate of drug-likeness (QED) is 0.224. The summed E-state index contributed by atoms with van der Waals surface area (Å²) in [7, 11) is 0. The molecule has 4 heterocycles. The average molecular weight is 543 g/mol. The van der Waals surface area contributed by atoms with Crippen LogP contribution in [-0.4, -0.2) is 29.7 Å². The zero-order valence-electron chi connectivity index (χ0n) is 22.9. The lowest BCUT2D eigenvalue weighted by Crippen LogP contribution is -2.31. The lowest BCUT2D eigenvalue weighted by molar-refractivity contribution is -0.141. The molecule has 4 aromatic heterocycles. The van der Waals surface area contributed by atoms with Gasteiger partial charge in [0.25, 0.3) is 0 Å². The highest BCUT2D eigenvalue weighted by Gasteiger charge is 2.35. The van der Waals surface area contributed by atoms with E-state index in [-0.39, 0.29) is 5.92 Å². The zero-order chi connectivity index (χ0) is 28.7. The number of aromatic nitrogens is 6. The van der Waals surface area contributed by atoms with Gasteiger partial charge >= 0.3 is 6.18 Å². The summed E-state index contributed by atoms with van der Waals surface area (Å²) in [6.45, 7) is 10.5. The lowest BCUT2D eigenvalue weighted by atomic mass is 9.70. The van der Waals surface area contributed by atoms with Crippen LogP contribution in [0.5, 0.6) is 0 Å². The molecule has 0 fully saturated rings. The Morgan fingerprint density at radius 1 is 0.650 bits per heavy atom. The van der Waals surface area contributed by atoms with Crippen LogP contribution in [0.25, 0.3) is 28.3 Å². The van der Waals surface area contributed by atoms with Crippen molar-refractivity contribution < 1.29 is 13.2 Å². The van der Waals surface area contributed by atoms with Gasteiger partial charge in [-0.25, -0.2) is 9.97 Å². The summed E-state index contributed by atoms with van der Waals surface area (Å²) in [4.78, 5) is 14.0. The summed E-state index contributed by atoms with van der Waals surface area (Å²) in [5.41, 5.74) is 5.53. The van der Waals surface area contributed by atoms with Crippen LogP contribution in [0.15, 0.2) is 79.3 Å². The number of alkyl halides is 3. The van der Waals surface area contributed by atoms with E-state index in [4.69, 9.17) is 4.98 Å². The molecule has 1 aromatic carbocycles. The summed E-state index contributed by atoms with van der Waals surface area (Å²) < 4.78 is 40.5. The van der Waals surface area contributed by atoms with Gasteiger partial charge in [-0.1, -0.05) is 44.2 Å². The predicted octanol–water partition coefficient (Wildman–Crippen LogP) is 7.38. The number of halogens is 3. The van der Waals surface area contributed by atoms with E-state index < -0.39 is 17.3 Å². The molecule has 0 amide bonds. The van der Waals surface area contributed by atoms with E-state index in [0.29, 0.717) is 17.2 Å². The second-order valence-corrected chi connectivity index (χ2v) is 10.4. The van der Waals surface area contributed by atoms with Gasteiger partial charge in [-0.3, -0.25) is 9.55 Å². The van der Waals surface area contributed by atoms with Gasteiger partial charge in [0.05, 0.1) is 11.4 Å². The van der Waals surface area contributed by atoms with Gasteiger partial charge in [0.2, 0.25) is 5.95 Å². The molecule has 204 valence electrons. The van der Waals surface area contributed by atoms with Crippen LogP contribution in [0, 0.1) is 19.8 Å². The first-order valence-electron chi connectivity index (χ1n) is 12.9. The SMILES string of the molecule is Cc1ccc(C)n1-c1ncc(-c2ccc(C(C)(c3ccc(-c4ccc(C(F)(F)F)nn4)cc3)C(C)C)nc2)cn1. The highest BCUT2D eigenvalue weighted by molar-refractivity contribution is 5.62. The number of hydrogen-bond acceptors (Lipinski definition) is 5. The normalized spacial score (nSPS) is 13.4. The second-order valence-electron chi connectivity index (χ2n) is 10.4. The number of benzene rings is 1. The molecule has 0 saturated heterocycles. The Balaban J connectivity index is 1.39. The highest BCUT2D eigenvalue weighted by Crippen LogP contribution is 2.39. The van der Waals surface area contributed by atoms with Gasteiger partial charge in [0.1, 0.15) is 0 Å². The summed E-state index contributed by atoms with van der Waals surface area (Å²) >= 11 is 0. The largest absolute Gasteiger partial charge is 0.435 e. The van der Waals surface area contributed by atoms with Crippen LogP contribution >= 0.6 is 0 Å². The predicted molar refractivity (Wildman–Crippen MR) is 148 cm³/mol.